The molecule has 5 nitrogen and oxygen atoms in total. The van der Waals surface area contributed by atoms with Gasteiger partial charge in [0, 0.05) is 19.2 Å². The molecule has 0 bridgehead atoms. The van der Waals surface area contributed by atoms with Gasteiger partial charge in [0.05, 0.1) is 11.9 Å². The van der Waals surface area contributed by atoms with Crippen LogP contribution in [-0.2, 0) is 6.54 Å². The third kappa shape index (κ3) is 4.95. The summed E-state index contributed by atoms with van der Waals surface area (Å²) in [5, 5.41) is 16.2. The summed E-state index contributed by atoms with van der Waals surface area (Å²) in [5.41, 5.74) is 0.607. The van der Waals surface area contributed by atoms with Gasteiger partial charge in [-0.2, -0.15) is 5.10 Å². The highest BCUT2D eigenvalue weighted by Crippen LogP contribution is 2.18. The van der Waals surface area contributed by atoms with Gasteiger partial charge >= 0.3 is 0 Å². The SMILES string of the molecule is CCCCn1ncc(NC(C)CCCO)c(Br)c1=O. The summed E-state index contributed by atoms with van der Waals surface area (Å²) >= 11 is 3.33. The van der Waals surface area contributed by atoms with Gasteiger partial charge in [0.2, 0.25) is 0 Å². The Hall–Kier alpha value is -0.880. The molecule has 1 atom stereocenters. The van der Waals surface area contributed by atoms with Crippen molar-refractivity contribution in [1.82, 2.24) is 9.78 Å². The Morgan fingerprint density at radius 3 is 2.89 bits per heavy atom. The van der Waals surface area contributed by atoms with E-state index in [9.17, 15) is 4.79 Å². The number of nitrogens with zero attached hydrogens (tertiary/aromatic N) is 2. The van der Waals surface area contributed by atoms with Crippen molar-refractivity contribution in [2.24, 2.45) is 0 Å². The van der Waals surface area contributed by atoms with E-state index in [-0.39, 0.29) is 18.2 Å². The first-order chi connectivity index (χ1) is 9.10. The van der Waals surface area contributed by atoms with Crippen molar-refractivity contribution in [1.29, 1.82) is 0 Å². The van der Waals surface area contributed by atoms with Crippen molar-refractivity contribution in [3.63, 3.8) is 0 Å². The van der Waals surface area contributed by atoms with Gasteiger partial charge in [0.15, 0.2) is 0 Å². The summed E-state index contributed by atoms with van der Waals surface area (Å²) in [7, 11) is 0. The van der Waals surface area contributed by atoms with Gasteiger partial charge in [-0.1, -0.05) is 13.3 Å². The van der Waals surface area contributed by atoms with Crippen molar-refractivity contribution in [2.45, 2.75) is 52.1 Å². The Kier molecular flexibility index (Phi) is 7.09. The second-order valence-electron chi connectivity index (χ2n) is 4.67. The largest absolute Gasteiger partial charge is 0.396 e. The molecule has 0 amide bonds. The summed E-state index contributed by atoms with van der Waals surface area (Å²) in [6.07, 6.45) is 5.24. The average Bonchev–Trinajstić information content (AvgIpc) is 2.41. The Morgan fingerprint density at radius 1 is 1.53 bits per heavy atom. The van der Waals surface area contributed by atoms with Crippen LogP contribution in [0.5, 0.6) is 0 Å². The van der Waals surface area contributed by atoms with Crippen LogP contribution in [0.3, 0.4) is 0 Å². The number of aliphatic hydroxyl groups is 1. The topological polar surface area (TPSA) is 67.2 Å². The van der Waals surface area contributed by atoms with E-state index in [1.165, 1.54) is 4.68 Å². The highest BCUT2D eigenvalue weighted by molar-refractivity contribution is 9.10. The van der Waals surface area contributed by atoms with Gasteiger partial charge in [0.25, 0.3) is 5.56 Å². The Balaban J connectivity index is 2.75. The van der Waals surface area contributed by atoms with Crippen LogP contribution in [-0.4, -0.2) is 27.5 Å². The van der Waals surface area contributed by atoms with Crippen LogP contribution in [0.25, 0.3) is 0 Å². The second kappa shape index (κ2) is 8.32. The van der Waals surface area contributed by atoms with E-state index in [0.717, 1.165) is 25.7 Å². The van der Waals surface area contributed by atoms with Crippen LogP contribution in [0.15, 0.2) is 15.5 Å². The summed E-state index contributed by atoms with van der Waals surface area (Å²) < 4.78 is 2.01. The van der Waals surface area contributed by atoms with E-state index < -0.39 is 0 Å². The fourth-order valence-corrected chi connectivity index (χ4v) is 2.19. The summed E-state index contributed by atoms with van der Waals surface area (Å²) in [4.78, 5) is 12.1. The lowest BCUT2D eigenvalue weighted by atomic mass is 10.2. The van der Waals surface area contributed by atoms with Gasteiger partial charge in [-0.05, 0) is 42.1 Å². The predicted molar refractivity (Wildman–Crippen MR) is 80.5 cm³/mol. The first-order valence-electron chi connectivity index (χ1n) is 6.73. The fourth-order valence-electron chi connectivity index (χ4n) is 1.77. The fraction of sp³-hybridized carbons (Fsp3) is 0.692. The van der Waals surface area contributed by atoms with E-state index >= 15 is 0 Å². The van der Waals surface area contributed by atoms with Crippen molar-refractivity contribution >= 4 is 21.6 Å². The van der Waals surface area contributed by atoms with Gasteiger partial charge < -0.3 is 10.4 Å². The molecule has 1 aromatic rings. The predicted octanol–water partition coefficient (Wildman–Crippen LogP) is 2.38. The molecule has 1 heterocycles. The maximum Gasteiger partial charge on any atom is 0.283 e. The number of hydrogen-bond donors (Lipinski definition) is 2. The van der Waals surface area contributed by atoms with Crippen molar-refractivity contribution in [3.05, 3.63) is 21.0 Å². The van der Waals surface area contributed by atoms with Crippen molar-refractivity contribution < 1.29 is 5.11 Å². The third-order valence-corrected chi connectivity index (χ3v) is 3.67. The summed E-state index contributed by atoms with van der Waals surface area (Å²) in [5.74, 6) is 0. The number of halogens is 1. The lowest BCUT2D eigenvalue weighted by Gasteiger charge is -2.16. The standard InChI is InChI=1S/C13H22BrN3O2/c1-3-4-7-17-13(19)12(14)11(9-15-17)16-10(2)6-5-8-18/h9-10,16,18H,3-8H2,1-2H3. The van der Waals surface area contributed by atoms with Crippen molar-refractivity contribution in [3.8, 4) is 0 Å². The smallest absolute Gasteiger partial charge is 0.283 e. The quantitative estimate of drug-likeness (QED) is 0.767. The van der Waals surface area contributed by atoms with Crippen LogP contribution in [0.2, 0.25) is 0 Å². The lowest BCUT2D eigenvalue weighted by molar-refractivity contribution is 0.282. The molecule has 0 aliphatic carbocycles. The van der Waals surface area contributed by atoms with Gasteiger partial charge in [-0.25, -0.2) is 4.68 Å². The van der Waals surface area contributed by atoms with Gasteiger partial charge in [-0.15, -0.1) is 0 Å². The Labute approximate surface area is 122 Å². The first kappa shape index (κ1) is 16.2. The minimum Gasteiger partial charge on any atom is -0.396 e. The minimum atomic E-state index is -0.104. The van der Waals surface area contributed by atoms with E-state index in [0.29, 0.717) is 16.7 Å². The summed E-state index contributed by atoms with van der Waals surface area (Å²) in [6.45, 7) is 4.93. The zero-order chi connectivity index (χ0) is 14.3. The number of anilines is 1. The molecule has 0 saturated heterocycles. The molecule has 0 radical (unpaired) electrons. The first-order valence-corrected chi connectivity index (χ1v) is 7.52. The van der Waals surface area contributed by atoms with Gasteiger partial charge in [-0.3, -0.25) is 4.79 Å². The molecule has 6 heteroatoms. The zero-order valence-corrected chi connectivity index (χ0v) is 13.1. The average molecular weight is 332 g/mol. The van der Waals surface area contributed by atoms with Crippen molar-refractivity contribution in [2.75, 3.05) is 11.9 Å². The Bertz CT molecular complexity index is 448. The molecule has 1 unspecified atom stereocenters. The third-order valence-electron chi connectivity index (χ3n) is 2.91. The number of hydrogen-bond acceptors (Lipinski definition) is 4. The maximum atomic E-state index is 12.1. The Morgan fingerprint density at radius 2 is 2.26 bits per heavy atom. The number of aliphatic hydroxyl groups excluding tert-OH is 1. The lowest BCUT2D eigenvalue weighted by Crippen LogP contribution is -2.26. The molecule has 0 aliphatic rings. The number of aromatic nitrogens is 2. The van der Waals surface area contributed by atoms with E-state index in [1.807, 2.05) is 6.92 Å². The number of aryl methyl sites for hydroxylation is 1. The molecule has 2 N–H and O–H groups in total. The molecule has 1 aromatic heterocycles. The zero-order valence-electron chi connectivity index (χ0n) is 11.5. The molecule has 108 valence electrons. The highest BCUT2D eigenvalue weighted by atomic mass is 79.9. The molecular formula is C13H22BrN3O2. The highest BCUT2D eigenvalue weighted by Gasteiger charge is 2.10. The normalized spacial score (nSPS) is 12.4. The van der Waals surface area contributed by atoms with Crippen LogP contribution in [0.4, 0.5) is 5.69 Å². The molecule has 0 aliphatic heterocycles. The maximum absolute atomic E-state index is 12.1. The van der Waals surface area contributed by atoms with Crippen LogP contribution >= 0.6 is 15.9 Å². The van der Waals surface area contributed by atoms with Gasteiger partial charge in [0.1, 0.15) is 4.47 Å². The van der Waals surface area contributed by atoms with E-state index in [4.69, 9.17) is 5.11 Å². The molecule has 1 rings (SSSR count). The molecule has 0 spiro atoms. The molecule has 0 aromatic carbocycles. The summed E-state index contributed by atoms with van der Waals surface area (Å²) in [6, 6.07) is 0.191. The number of unbranched alkanes of at least 4 members (excludes halogenated alkanes) is 1. The van der Waals surface area contributed by atoms with Crippen LogP contribution in [0, 0.1) is 0 Å². The molecular weight excluding hydrogens is 310 g/mol. The van der Waals surface area contributed by atoms with Crippen LogP contribution in [0.1, 0.15) is 39.5 Å². The van der Waals surface area contributed by atoms with Crippen LogP contribution < -0.4 is 10.9 Å². The number of rotatable bonds is 8. The molecule has 0 fully saturated rings. The minimum absolute atomic E-state index is 0.104. The second-order valence-corrected chi connectivity index (χ2v) is 5.46. The molecule has 19 heavy (non-hydrogen) atoms. The molecule has 0 saturated carbocycles. The number of nitrogens with one attached hydrogen (secondary N) is 1. The van der Waals surface area contributed by atoms with E-state index in [2.05, 4.69) is 33.3 Å². The van der Waals surface area contributed by atoms with E-state index in [1.54, 1.807) is 6.20 Å². The monoisotopic (exact) mass is 331 g/mol.